The summed E-state index contributed by atoms with van der Waals surface area (Å²) in [4.78, 5) is 25.2. The van der Waals surface area contributed by atoms with Crippen molar-refractivity contribution >= 4 is 11.9 Å². The summed E-state index contributed by atoms with van der Waals surface area (Å²) in [5.74, 6) is -1.10. The van der Waals surface area contributed by atoms with Crippen LogP contribution in [0.25, 0.3) is 0 Å². The number of carbonyl (C=O) groups is 2. The number of carbonyl (C=O) groups excluding carboxylic acids is 1. The van der Waals surface area contributed by atoms with Gasteiger partial charge in [0.1, 0.15) is 0 Å². The number of likely N-dealkylation sites (tertiary alicyclic amines) is 1. The van der Waals surface area contributed by atoms with Gasteiger partial charge in [0.15, 0.2) is 0 Å². The molecule has 2 heterocycles. The monoisotopic (exact) mass is 275 g/mol. The summed E-state index contributed by atoms with van der Waals surface area (Å²) in [5.41, 5.74) is 0.717. The van der Waals surface area contributed by atoms with Gasteiger partial charge in [-0.3, -0.25) is 4.79 Å². The molecule has 3 rings (SSSR count). The summed E-state index contributed by atoms with van der Waals surface area (Å²) >= 11 is 0. The number of nitrogens with zero attached hydrogens (tertiary/aromatic N) is 1. The highest BCUT2D eigenvalue weighted by molar-refractivity contribution is 5.97. The number of rotatable bonds is 2. The van der Waals surface area contributed by atoms with Crippen LogP contribution in [0.3, 0.4) is 0 Å². The van der Waals surface area contributed by atoms with E-state index >= 15 is 0 Å². The Kier molecular flexibility index (Phi) is 3.22. The third-order valence-electron chi connectivity index (χ3n) is 4.27. The average Bonchev–Trinajstić information content (AvgIpc) is 3.09. The van der Waals surface area contributed by atoms with Gasteiger partial charge in [0.05, 0.1) is 12.2 Å². The molecule has 0 bridgehead atoms. The lowest BCUT2D eigenvalue weighted by molar-refractivity contribution is 0.0697. The van der Waals surface area contributed by atoms with Gasteiger partial charge in [-0.15, -0.1) is 0 Å². The molecule has 1 aromatic carbocycles. The largest absolute Gasteiger partial charge is 0.478 e. The van der Waals surface area contributed by atoms with E-state index in [2.05, 4.69) is 0 Å². The third kappa shape index (κ3) is 2.29. The minimum Gasteiger partial charge on any atom is -0.478 e. The van der Waals surface area contributed by atoms with Crippen molar-refractivity contribution < 1.29 is 19.4 Å². The Bertz CT molecular complexity index is 549. The summed E-state index contributed by atoms with van der Waals surface area (Å²) < 4.78 is 5.45. The summed E-state index contributed by atoms with van der Waals surface area (Å²) in [6, 6.07) is 6.22. The van der Waals surface area contributed by atoms with Gasteiger partial charge in [0.2, 0.25) is 0 Å². The molecule has 1 aromatic rings. The number of benzene rings is 1. The topological polar surface area (TPSA) is 66.8 Å². The molecule has 106 valence electrons. The number of carboxylic acids is 1. The van der Waals surface area contributed by atoms with Gasteiger partial charge in [-0.05, 0) is 31.0 Å². The first-order valence-corrected chi connectivity index (χ1v) is 6.80. The minimum absolute atomic E-state index is 0.0862. The van der Waals surface area contributed by atoms with Crippen LogP contribution in [0.15, 0.2) is 24.3 Å². The summed E-state index contributed by atoms with van der Waals surface area (Å²) in [6.07, 6.45) is 1.98. The molecule has 2 aliphatic heterocycles. The fraction of sp³-hybridized carbons (Fsp3) is 0.467. The van der Waals surface area contributed by atoms with E-state index in [1.807, 2.05) is 4.90 Å². The lowest BCUT2D eigenvalue weighted by Gasteiger charge is -2.22. The van der Waals surface area contributed by atoms with Crippen molar-refractivity contribution in [2.45, 2.75) is 12.8 Å². The molecule has 0 aromatic heterocycles. The number of hydrogen-bond donors (Lipinski definition) is 1. The van der Waals surface area contributed by atoms with E-state index in [9.17, 15) is 9.59 Å². The summed E-state index contributed by atoms with van der Waals surface area (Å²) in [5, 5.41) is 8.98. The van der Waals surface area contributed by atoms with Crippen molar-refractivity contribution in [3.05, 3.63) is 35.4 Å². The van der Waals surface area contributed by atoms with E-state index in [1.165, 1.54) is 12.1 Å². The van der Waals surface area contributed by atoms with Crippen molar-refractivity contribution in [1.29, 1.82) is 0 Å². The van der Waals surface area contributed by atoms with E-state index in [-0.39, 0.29) is 16.9 Å². The molecule has 0 aliphatic carbocycles. The Hall–Kier alpha value is -1.88. The first kappa shape index (κ1) is 13.1. The average molecular weight is 275 g/mol. The van der Waals surface area contributed by atoms with Gasteiger partial charge in [0.25, 0.3) is 5.91 Å². The van der Waals surface area contributed by atoms with Crippen molar-refractivity contribution in [2.75, 3.05) is 26.3 Å². The number of carboxylic acid groups (broad SMARTS) is 1. The second-order valence-corrected chi connectivity index (χ2v) is 5.67. The van der Waals surface area contributed by atoms with Gasteiger partial charge >= 0.3 is 5.97 Å². The van der Waals surface area contributed by atoms with Gasteiger partial charge in [0, 0.05) is 30.7 Å². The van der Waals surface area contributed by atoms with Crippen LogP contribution in [-0.4, -0.2) is 48.2 Å². The van der Waals surface area contributed by atoms with E-state index < -0.39 is 5.97 Å². The Morgan fingerprint density at radius 1 is 1.25 bits per heavy atom. The zero-order valence-corrected chi connectivity index (χ0v) is 11.2. The molecule has 0 saturated carbocycles. The Labute approximate surface area is 117 Å². The van der Waals surface area contributed by atoms with Crippen molar-refractivity contribution in [1.82, 2.24) is 4.90 Å². The van der Waals surface area contributed by atoms with Gasteiger partial charge in [-0.1, -0.05) is 6.07 Å². The molecule has 0 radical (unpaired) electrons. The van der Waals surface area contributed by atoms with Crippen LogP contribution in [0.4, 0.5) is 0 Å². The molecule has 5 nitrogen and oxygen atoms in total. The van der Waals surface area contributed by atoms with Crippen LogP contribution in [-0.2, 0) is 4.74 Å². The zero-order chi connectivity index (χ0) is 14.2. The van der Waals surface area contributed by atoms with Crippen LogP contribution in [0.2, 0.25) is 0 Å². The van der Waals surface area contributed by atoms with E-state index in [0.717, 1.165) is 32.6 Å². The fourth-order valence-corrected chi connectivity index (χ4v) is 3.05. The molecular formula is C15H17NO4. The maximum Gasteiger partial charge on any atom is 0.335 e. The third-order valence-corrected chi connectivity index (χ3v) is 4.27. The Balaban J connectivity index is 1.76. The second-order valence-electron chi connectivity index (χ2n) is 5.67. The SMILES string of the molecule is O=C(O)c1cccc(C(=O)N2CC[C@]3(CCOC3)C2)c1. The molecule has 2 aliphatic rings. The molecular weight excluding hydrogens is 258 g/mol. The van der Waals surface area contributed by atoms with Crippen LogP contribution >= 0.6 is 0 Å². The lowest BCUT2D eigenvalue weighted by atomic mass is 9.87. The highest BCUT2D eigenvalue weighted by atomic mass is 16.5. The quantitative estimate of drug-likeness (QED) is 0.891. The van der Waals surface area contributed by atoms with Crippen molar-refractivity contribution in [2.24, 2.45) is 5.41 Å². The van der Waals surface area contributed by atoms with Crippen molar-refractivity contribution in [3.63, 3.8) is 0 Å². The predicted molar refractivity (Wildman–Crippen MR) is 71.8 cm³/mol. The molecule has 20 heavy (non-hydrogen) atoms. The van der Waals surface area contributed by atoms with E-state index in [1.54, 1.807) is 12.1 Å². The minimum atomic E-state index is -1.01. The molecule has 5 heteroatoms. The summed E-state index contributed by atoms with van der Waals surface area (Å²) in [7, 11) is 0. The maximum absolute atomic E-state index is 12.5. The van der Waals surface area contributed by atoms with Crippen LogP contribution in [0, 0.1) is 5.41 Å². The smallest absolute Gasteiger partial charge is 0.335 e. The fourth-order valence-electron chi connectivity index (χ4n) is 3.05. The van der Waals surface area contributed by atoms with Crippen LogP contribution in [0.1, 0.15) is 33.6 Å². The standard InChI is InChI=1S/C15H17NO4/c17-13(11-2-1-3-12(8-11)14(18)19)16-6-4-15(9-16)5-7-20-10-15/h1-3,8H,4-7,9-10H2,(H,18,19)/t15-/m0/s1. The number of amides is 1. The molecule has 1 atom stereocenters. The molecule has 1 amide bonds. The van der Waals surface area contributed by atoms with Gasteiger partial charge < -0.3 is 14.7 Å². The number of hydrogen-bond acceptors (Lipinski definition) is 3. The first-order chi connectivity index (χ1) is 9.60. The highest BCUT2D eigenvalue weighted by Crippen LogP contribution is 2.38. The molecule has 1 N–H and O–H groups in total. The Morgan fingerprint density at radius 3 is 2.75 bits per heavy atom. The molecule has 1 spiro atoms. The number of ether oxygens (including phenoxy) is 1. The maximum atomic E-state index is 12.5. The van der Waals surface area contributed by atoms with Gasteiger partial charge in [-0.2, -0.15) is 0 Å². The molecule has 2 fully saturated rings. The van der Waals surface area contributed by atoms with Crippen LogP contribution in [0.5, 0.6) is 0 Å². The first-order valence-electron chi connectivity index (χ1n) is 6.80. The highest BCUT2D eigenvalue weighted by Gasteiger charge is 2.42. The summed E-state index contributed by atoms with van der Waals surface area (Å²) in [6.45, 7) is 2.94. The zero-order valence-electron chi connectivity index (χ0n) is 11.2. The van der Waals surface area contributed by atoms with Crippen LogP contribution < -0.4 is 0 Å². The van der Waals surface area contributed by atoms with Gasteiger partial charge in [-0.25, -0.2) is 4.79 Å². The van der Waals surface area contributed by atoms with E-state index in [0.29, 0.717) is 12.1 Å². The normalized spacial score (nSPS) is 25.3. The molecule has 0 unspecified atom stereocenters. The number of aromatic carboxylic acids is 1. The lowest BCUT2D eigenvalue weighted by Crippen LogP contribution is -2.32. The second kappa shape index (κ2) is 4.90. The Morgan fingerprint density at radius 2 is 2.05 bits per heavy atom. The molecule has 2 saturated heterocycles. The predicted octanol–water partition coefficient (Wildman–Crippen LogP) is 1.64. The van der Waals surface area contributed by atoms with E-state index in [4.69, 9.17) is 9.84 Å². The van der Waals surface area contributed by atoms with Crippen molar-refractivity contribution in [3.8, 4) is 0 Å².